The lowest BCUT2D eigenvalue weighted by atomic mass is 9.81. The van der Waals surface area contributed by atoms with E-state index < -0.39 is 29.4 Å². The molecule has 3 N–H and O–H groups in total. The number of rotatable bonds is 4. The van der Waals surface area contributed by atoms with Gasteiger partial charge >= 0.3 is 6.03 Å². The van der Waals surface area contributed by atoms with Gasteiger partial charge in [0.25, 0.3) is 5.92 Å². The highest BCUT2D eigenvalue weighted by Crippen LogP contribution is 2.44. The van der Waals surface area contributed by atoms with Crippen LogP contribution in [0.15, 0.2) is 24.4 Å². The minimum atomic E-state index is -3.45. The van der Waals surface area contributed by atoms with Crippen molar-refractivity contribution in [2.24, 2.45) is 5.92 Å². The first-order chi connectivity index (χ1) is 14.1. The molecule has 1 fully saturated rings. The molecule has 30 heavy (non-hydrogen) atoms. The van der Waals surface area contributed by atoms with E-state index in [-0.39, 0.29) is 29.3 Å². The maximum Gasteiger partial charge on any atom is 0.320 e. The van der Waals surface area contributed by atoms with Crippen LogP contribution in [-0.2, 0) is 12.1 Å². The molecule has 2 heterocycles. The van der Waals surface area contributed by atoms with Gasteiger partial charge < -0.3 is 15.7 Å². The molecule has 1 aliphatic carbocycles. The summed E-state index contributed by atoms with van der Waals surface area (Å²) in [5, 5.41) is 18.5. The average molecular weight is 418 g/mol. The Kier molecular flexibility index (Phi) is 4.77. The standard InChI is InChI=1S/C21H21F3N4O2/c1-12(29)17-6-8-28(27-17)11-14-9-18-15(10-16(14)22)21(20(2,23)24,26-19(30)25-18)7-5-13-3-4-13/h6,8-10,12-13,29H,3-4,11H2,1-2H3,(H2,25,26,30)/t12?,21-/m0/s1. The molecule has 0 bridgehead atoms. The number of fused-ring (bicyclic) bond motifs is 1. The quantitative estimate of drug-likeness (QED) is 0.665. The van der Waals surface area contributed by atoms with E-state index in [1.54, 1.807) is 19.2 Å². The highest BCUT2D eigenvalue weighted by Gasteiger charge is 2.55. The highest BCUT2D eigenvalue weighted by molar-refractivity contribution is 5.95. The normalized spacial score (nSPS) is 21.7. The average Bonchev–Trinajstić information content (AvgIpc) is 3.36. The second-order valence-electron chi connectivity index (χ2n) is 7.86. The van der Waals surface area contributed by atoms with Crippen molar-refractivity contribution >= 4 is 11.7 Å². The summed E-state index contributed by atoms with van der Waals surface area (Å²) in [4.78, 5) is 12.2. The zero-order chi connectivity index (χ0) is 21.7. The van der Waals surface area contributed by atoms with Gasteiger partial charge in [0, 0.05) is 35.9 Å². The number of hydrogen-bond donors (Lipinski definition) is 3. The van der Waals surface area contributed by atoms with Crippen LogP contribution in [0.1, 0.15) is 49.6 Å². The van der Waals surface area contributed by atoms with E-state index in [2.05, 4.69) is 27.6 Å². The van der Waals surface area contributed by atoms with E-state index in [1.807, 2.05) is 0 Å². The summed E-state index contributed by atoms with van der Waals surface area (Å²) >= 11 is 0. The number of nitrogens with zero attached hydrogens (tertiary/aromatic N) is 2. The molecular weight excluding hydrogens is 397 g/mol. The third-order valence-electron chi connectivity index (χ3n) is 5.26. The number of urea groups is 1. The fraction of sp³-hybridized carbons (Fsp3) is 0.429. The Labute approximate surface area is 171 Å². The van der Waals surface area contributed by atoms with Crippen molar-refractivity contribution in [2.45, 2.75) is 50.8 Å². The number of halogens is 3. The summed E-state index contributed by atoms with van der Waals surface area (Å²) in [7, 11) is 0. The van der Waals surface area contributed by atoms with Crippen LogP contribution in [0.5, 0.6) is 0 Å². The number of anilines is 1. The van der Waals surface area contributed by atoms with Crippen LogP contribution in [-0.4, -0.2) is 26.8 Å². The summed E-state index contributed by atoms with van der Waals surface area (Å²) in [6.07, 6.45) is 2.45. The second-order valence-corrected chi connectivity index (χ2v) is 7.86. The van der Waals surface area contributed by atoms with Crippen LogP contribution in [0.3, 0.4) is 0 Å². The molecule has 1 aromatic carbocycles. The number of amides is 2. The fourth-order valence-electron chi connectivity index (χ4n) is 3.40. The molecule has 1 saturated carbocycles. The number of aliphatic hydroxyl groups is 1. The van der Waals surface area contributed by atoms with Crippen LogP contribution in [0.2, 0.25) is 0 Å². The Balaban J connectivity index is 1.77. The Morgan fingerprint density at radius 2 is 2.17 bits per heavy atom. The van der Waals surface area contributed by atoms with Crippen LogP contribution in [0.25, 0.3) is 0 Å². The van der Waals surface area contributed by atoms with Crippen molar-refractivity contribution < 1.29 is 23.1 Å². The van der Waals surface area contributed by atoms with Gasteiger partial charge in [0.15, 0.2) is 5.54 Å². The van der Waals surface area contributed by atoms with Gasteiger partial charge in [0.2, 0.25) is 0 Å². The number of aliphatic hydroxyl groups excluding tert-OH is 1. The predicted molar refractivity (Wildman–Crippen MR) is 103 cm³/mol. The van der Waals surface area contributed by atoms with E-state index in [0.717, 1.165) is 18.9 Å². The van der Waals surface area contributed by atoms with Crippen LogP contribution in [0, 0.1) is 23.6 Å². The summed E-state index contributed by atoms with van der Waals surface area (Å²) in [5.74, 6) is 1.19. The molecule has 2 aromatic rings. The summed E-state index contributed by atoms with van der Waals surface area (Å²) < 4.78 is 45.8. The first kappa shape index (κ1) is 20.3. The van der Waals surface area contributed by atoms with E-state index in [4.69, 9.17) is 0 Å². The van der Waals surface area contributed by atoms with Gasteiger partial charge in [-0.2, -0.15) is 5.10 Å². The summed E-state index contributed by atoms with van der Waals surface area (Å²) in [6.45, 7) is 2.22. The molecule has 1 unspecified atom stereocenters. The van der Waals surface area contributed by atoms with Gasteiger partial charge in [-0.3, -0.25) is 4.68 Å². The maximum absolute atomic E-state index is 14.9. The van der Waals surface area contributed by atoms with Crippen molar-refractivity contribution in [1.29, 1.82) is 0 Å². The fourth-order valence-corrected chi connectivity index (χ4v) is 3.40. The molecule has 1 aromatic heterocycles. The highest BCUT2D eigenvalue weighted by atomic mass is 19.3. The number of alkyl halides is 2. The SMILES string of the molecule is CC(O)c1ccn(Cc2cc3c(cc2F)[C@@](C#CC2CC2)(C(C)(F)F)NC(=O)N3)n1. The molecule has 0 spiro atoms. The molecule has 6 nitrogen and oxygen atoms in total. The summed E-state index contributed by atoms with van der Waals surface area (Å²) in [5.41, 5.74) is -1.79. The number of hydrogen-bond acceptors (Lipinski definition) is 3. The van der Waals surface area contributed by atoms with Gasteiger partial charge in [0.05, 0.1) is 18.3 Å². The largest absolute Gasteiger partial charge is 0.387 e. The van der Waals surface area contributed by atoms with E-state index >= 15 is 0 Å². The Hall–Kier alpha value is -2.99. The third-order valence-corrected chi connectivity index (χ3v) is 5.26. The van der Waals surface area contributed by atoms with Crippen molar-refractivity contribution in [1.82, 2.24) is 15.1 Å². The molecule has 1 aliphatic heterocycles. The zero-order valence-corrected chi connectivity index (χ0v) is 16.5. The minimum Gasteiger partial charge on any atom is -0.387 e. The predicted octanol–water partition coefficient (Wildman–Crippen LogP) is 3.52. The third kappa shape index (κ3) is 3.63. The van der Waals surface area contributed by atoms with Crippen molar-refractivity contribution in [3.8, 4) is 11.8 Å². The van der Waals surface area contributed by atoms with Crippen LogP contribution >= 0.6 is 0 Å². The van der Waals surface area contributed by atoms with Gasteiger partial charge in [-0.1, -0.05) is 11.8 Å². The number of carbonyl (C=O) groups is 1. The smallest absolute Gasteiger partial charge is 0.320 e. The van der Waals surface area contributed by atoms with Gasteiger partial charge in [-0.05, 0) is 38.0 Å². The summed E-state index contributed by atoms with van der Waals surface area (Å²) in [6, 6.07) is 3.09. The zero-order valence-electron chi connectivity index (χ0n) is 16.5. The lowest BCUT2D eigenvalue weighted by Crippen LogP contribution is -2.59. The van der Waals surface area contributed by atoms with Crippen LogP contribution < -0.4 is 10.6 Å². The van der Waals surface area contributed by atoms with E-state index in [1.165, 1.54) is 10.7 Å². The van der Waals surface area contributed by atoms with Gasteiger partial charge in [0.1, 0.15) is 5.82 Å². The van der Waals surface area contributed by atoms with E-state index in [9.17, 15) is 23.1 Å². The Morgan fingerprint density at radius 3 is 2.77 bits per heavy atom. The maximum atomic E-state index is 14.9. The molecule has 2 amide bonds. The minimum absolute atomic E-state index is 0.00158. The number of aromatic nitrogens is 2. The van der Waals surface area contributed by atoms with E-state index in [0.29, 0.717) is 12.6 Å². The molecule has 4 rings (SSSR count). The Bertz CT molecular complexity index is 1060. The molecule has 158 valence electrons. The first-order valence-electron chi connectivity index (χ1n) is 9.63. The monoisotopic (exact) mass is 418 g/mol. The number of nitrogens with one attached hydrogen (secondary N) is 2. The van der Waals surface area contributed by atoms with Crippen molar-refractivity contribution in [3.05, 3.63) is 47.0 Å². The topological polar surface area (TPSA) is 79.2 Å². The number of carbonyl (C=O) groups excluding carboxylic acids is 1. The second kappa shape index (κ2) is 7.06. The lowest BCUT2D eigenvalue weighted by Gasteiger charge is -2.40. The molecule has 2 atom stereocenters. The van der Waals surface area contributed by atoms with Crippen molar-refractivity contribution in [3.63, 3.8) is 0 Å². The molecule has 9 heteroatoms. The van der Waals surface area contributed by atoms with Crippen molar-refractivity contribution in [2.75, 3.05) is 5.32 Å². The van der Waals surface area contributed by atoms with Crippen LogP contribution in [0.4, 0.5) is 23.7 Å². The Morgan fingerprint density at radius 1 is 1.43 bits per heavy atom. The first-order valence-corrected chi connectivity index (χ1v) is 9.63. The molecule has 0 saturated heterocycles. The molecular formula is C21H21F3N4O2. The lowest BCUT2D eigenvalue weighted by molar-refractivity contribution is -0.0465. The van der Waals surface area contributed by atoms with Gasteiger partial charge in [-0.25, -0.2) is 18.0 Å². The molecule has 0 radical (unpaired) electrons. The molecule has 2 aliphatic rings. The van der Waals surface area contributed by atoms with Gasteiger partial charge in [-0.15, -0.1) is 0 Å². The number of benzene rings is 1.